The summed E-state index contributed by atoms with van der Waals surface area (Å²) in [5.74, 6) is 0.206. The SMILES string of the molecule is CCn1cnc2c(c1=O)CCN(C(=O)C1(c3cccc(C)c3)CCCC1)C2. The Kier molecular flexibility index (Phi) is 4.62. The molecule has 1 amide bonds. The monoisotopic (exact) mass is 365 g/mol. The highest BCUT2D eigenvalue weighted by molar-refractivity contribution is 5.89. The smallest absolute Gasteiger partial charge is 0.256 e. The number of carbonyl (C=O) groups is 1. The molecule has 1 aliphatic carbocycles. The molecule has 0 bridgehead atoms. The molecule has 1 saturated carbocycles. The zero-order valence-electron chi connectivity index (χ0n) is 16.2. The lowest BCUT2D eigenvalue weighted by Gasteiger charge is -2.37. The largest absolute Gasteiger partial charge is 0.336 e. The topological polar surface area (TPSA) is 55.2 Å². The van der Waals surface area contributed by atoms with Gasteiger partial charge in [-0.05, 0) is 38.7 Å². The van der Waals surface area contributed by atoms with Gasteiger partial charge in [-0.3, -0.25) is 14.2 Å². The van der Waals surface area contributed by atoms with Gasteiger partial charge in [-0.2, -0.15) is 0 Å². The first-order chi connectivity index (χ1) is 13.0. The summed E-state index contributed by atoms with van der Waals surface area (Å²) < 4.78 is 1.64. The van der Waals surface area contributed by atoms with Gasteiger partial charge in [0.25, 0.3) is 5.56 Å². The third-order valence-electron chi connectivity index (χ3n) is 6.26. The third-order valence-corrected chi connectivity index (χ3v) is 6.26. The quantitative estimate of drug-likeness (QED) is 0.840. The Morgan fingerprint density at radius 3 is 2.74 bits per heavy atom. The van der Waals surface area contributed by atoms with E-state index >= 15 is 0 Å². The molecular formula is C22H27N3O2. The highest BCUT2D eigenvalue weighted by atomic mass is 16.2. The second-order valence-electron chi connectivity index (χ2n) is 7.90. The average molecular weight is 365 g/mol. The van der Waals surface area contributed by atoms with E-state index in [9.17, 15) is 9.59 Å². The summed E-state index contributed by atoms with van der Waals surface area (Å²) in [5, 5.41) is 0. The number of aryl methyl sites for hydroxylation is 2. The number of nitrogens with zero attached hydrogens (tertiary/aromatic N) is 3. The molecule has 1 fully saturated rings. The molecular weight excluding hydrogens is 338 g/mol. The van der Waals surface area contributed by atoms with Crippen LogP contribution in [0.4, 0.5) is 0 Å². The van der Waals surface area contributed by atoms with Crippen LogP contribution in [0.15, 0.2) is 35.4 Å². The van der Waals surface area contributed by atoms with E-state index in [-0.39, 0.29) is 11.5 Å². The van der Waals surface area contributed by atoms with Gasteiger partial charge in [0.05, 0.1) is 24.0 Å². The zero-order chi connectivity index (χ0) is 19.0. The van der Waals surface area contributed by atoms with Crippen LogP contribution in [0.3, 0.4) is 0 Å². The minimum Gasteiger partial charge on any atom is -0.336 e. The van der Waals surface area contributed by atoms with Crippen LogP contribution >= 0.6 is 0 Å². The fourth-order valence-corrected chi connectivity index (χ4v) is 4.71. The molecule has 142 valence electrons. The van der Waals surface area contributed by atoms with Gasteiger partial charge < -0.3 is 4.90 Å². The van der Waals surface area contributed by atoms with Crippen molar-refractivity contribution >= 4 is 5.91 Å². The second kappa shape index (κ2) is 6.95. The Balaban J connectivity index is 1.66. The van der Waals surface area contributed by atoms with Crippen molar-refractivity contribution in [2.75, 3.05) is 6.54 Å². The number of aromatic nitrogens is 2. The number of amides is 1. The normalized spacial score (nSPS) is 18.4. The van der Waals surface area contributed by atoms with Crippen molar-refractivity contribution in [2.24, 2.45) is 0 Å². The van der Waals surface area contributed by atoms with Crippen molar-refractivity contribution in [2.45, 2.75) is 64.5 Å². The number of rotatable bonds is 3. The number of benzene rings is 1. The molecule has 1 aromatic heterocycles. The van der Waals surface area contributed by atoms with Crippen molar-refractivity contribution in [3.8, 4) is 0 Å². The van der Waals surface area contributed by atoms with Crippen LogP contribution in [0.1, 0.15) is 55.0 Å². The maximum Gasteiger partial charge on any atom is 0.256 e. The molecule has 4 rings (SSSR count). The van der Waals surface area contributed by atoms with Crippen LogP contribution in [0.25, 0.3) is 0 Å². The van der Waals surface area contributed by atoms with E-state index in [4.69, 9.17) is 0 Å². The van der Waals surface area contributed by atoms with Crippen LogP contribution in [-0.2, 0) is 29.7 Å². The zero-order valence-corrected chi connectivity index (χ0v) is 16.2. The van der Waals surface area contributed by atoms with Crippen molar-refractivity contribution in [1.82, 2.24) is 14.5 Å². The van der Waals surface area contributed by atoms with Gasteiger partial charge in [0.1, 0.15) is 0 Å². The molecule has 0 atom stereocenters. The summed E-state index contributed by atoms with van der Waals surface area (Å²) in [6.07, 6.45) is 6.19. The van der Waals surface area contributed by atoms with Gasteiger partial charge in [0.2, 0.25) is 5.91 Å². The van der Waals surface area contributed by atoms with Crippen molar-refractivity contribution in [1.29, 1.82) is 0 Å². The molecule has 5 heteroatoms. The highest BCUT2D eigenvalue weighted by Crippen LogP contribution is 2.43. The van der Waals surface area contributed by atoms with Gasteiger partial charge in [-0.25, -0.2) is 4.98 Å². The number of carbonyl (C=O) groups excluding carboxylic acids is 1. The lowest BCUT2D eigenvalue weighted by Crippen LogP contribution is -2.48. The fraction of sp³-hybridized carbons (Fsp3) is 0.500. The lowest BCUT2D eigenvalue weighted by molar-refractivity contribution is -0.138. The molecule has 0 unspecified atom stereocenters. The van der Waals surface area contributed by atoms with Crippen molar-refractivity contribution in [3.05, 3.63) is 63.3 Å². The molecule has 0 spiro atoms. The first-order valence-corrected chi connectivity index (χ1v) is 9.99. The van der Waals surface area contributed by atoms with E-state index in [0.717, 1.165) is 42.5 Å². The summed E-state index contributed by atoms with van der Waals surface area (Å²) in [6.45, 7) is 5.69. The first kappa shape index (κ1) is 18.0. The molecule has 2 aromatic rings. The van der Waals surface area contributed by atoms with E-state index in [2.05, 4.69) is 36.2 Å². The number of hydrogen-bond donors (Lipinski definition) is 0. The van der Waals surface area contributed by atoms with Gasteiger partial charge in [0, 0.05) is 18.7 Å². The average Bonchev–Trinajstić information content (AvgIpc) is 3.18. The summed E-state index contributed by atoms with van der Waals surface area (Å²) in [4.78, 5) is 32.6. The third kappa shape index (κ3) is 2.99. The molecule has 0 N–H and O–H groups in total. The summed E-state index contributed by atoms with van der Waals surface area (Å²) in [6, 6.07) is 8.40. The molecule has 27 heavy (non-hydrogen) atoms. The maximum absolute atomic E-state index is 13.7. The standard InChI is InChI=1S/C22H27N3O2/c1-3-24-15-23-19-14-25(12-9-18(19)20(24)26)21(27)22(10-4-5-11-22)17-8-6-7-16(2)13-17/h6-8,13,15H,3-5,9-12,14H2,1-2H3. The van der Waals surface area contributed by atoms with Crippen molar-refractivity contribution in [3.63, 3.8) is 0 Å². The Labute approximate surface area is 160 Å². The number of fused-ring (bicyclic) bond motifs is 1. The highest BCUT2D eigenvalue weighted by Gasteiger charge is 2.45. The summed E-state index contributed by atoms with van der Waals surface area (Å²) in [7, 11) is 0. The van der Waals surface area contributed by atoms with Crippen LogP contribution in [0.2, 0.25) is 0 Å². The van der Waals surface area contributed by atoms with E-state index in [1.807, 2.05) is 11.8 Å². The van der Waals surface area contributed by atoms with E-state index in [0.29, 0.717) is 26.1 Å². The Morgan fingerprint density at radius 2 is 2.04 bits per heavy atom. The molecule has 1 aliphatic heterocycles. The lowest BCUT2D eigenvalue weighted by atomic mass is 9.76. The van der Waals surface area contributed by atoms with Crippen LogP contribution in [-0.4, -0.2) is 26.9 Å². The number of hydrogen-bond acceptors (Lipinski definition) is 3. The summed E-state index contributed by atoms with van der Waals surface area (Å²) in [5.41, 5.74) is 3.51. The van der Waals surface area contributed by atoms with E-state index in [1.165, 1.54) is 5.56 Å². The van der Waals surface area contributed by atoms with Crippen LogP contribution < -0.4 is 5.56 Å². The summed E-state index contributed by atoms with van der Waals surface area (Å²) >= 11 is 0. The Morgan fingerprint density at radius 1 is 1.26 bits per heavy atom. The fourth-order valence-electron chi connectivity index (χ4n) is 4.71. The maximum atomic E-state index is 13.7. The Bertz CT molecular complexity index is 925. The molecule has 2 aliphatic rings. The molecule has 5 nitrogen and oxygen atoms in total. The van der Waals surface area contributed by atoms with Gasteiger partial charge in [0.15, 0.2) is 0 Å². The van der Waals surface area contributed by atoms with Gasteiger partial charge in [-0.1, -0.05) is 42.7 Å². The molecule has 0 saturated heterocycles. The predicted molar refractivity (Wildman–Crippen MR) is 105 cm³/mol. The van der Waals surface area contributed by atoms with Crippen molar-refractivity contribution < 1.29 is 4.79 Å². The molecule has 0 radical (unpaired) electrons. The van der Waals surface area contributed by atoms with Gasteiger partial charge in [-0.15, -0.1) is 0 Å². The Hall–Kier alpha value is -2.43. The second-order valence-corrected chi connectivity index (χ2v) is 7.90. The minimum atomic E-state index is -0.415. The molecule has 2 heterocycles. The molecule has 1 aromatic carbocycles. The van der Waals surface area contributed by atoms with E-state index < -0.39 is 5.41 Å². The first-order valence-electron chi connectivity index (χ1n) is 9.99. The van der Waals surface area contributed by atoms with Gasteiger partial charge >= 0.3 is 0 Å². The minimum absolute atomic E-state index is 0.0452. The predicted octanol–water partition coefficient (Wildman–Crippen LogP) is 2.97. The van der Waals surface area contributed by atoms with E-state index in [1.54, 1.807) is 10.9 Å². The van der Waals surface area contributed by atoms with Crippen LogP contribution in [0, 0.1) is 6.92 Å². The van der Waals surface area contributed by atoms with Crippen LogP contribution in [0.5, 0.6) is 0 Å².